The average Bonchev–Trinajstić information content (AvgIpc) is 2.41. The van der Waals surface area contributed by atoms with Crippen molar-refractivity contribution in [3.8, 4) is 0 Å². The van der Waals surface area contributed by atoms with Crippen LogP contribution in [0.1, 0.15) is 52.9 Å². The van der Waals surface area contributed by atoms with Crippen LogP contribution >= 0.6 is 0 Å². The molecule has 5 nitrogen and oxygen atoms in total. The summed E-state index contributed by atoms with van der Waals surface area (Å²) in [4.78, 5) is 23.1. The van der Waals surface area contributed by atoms with Crippen molar-refractivity contribution in [2.45, 2.75) is 65.3 Å². The van der Waals surface area contributed by atoms with Gasteiger partial charge in [0.25, 0.3) is 0 Å². The Balaban J connectivity index is 1.57. The normalized spacial score (nSPS) is 37.9. The molecule has 0 aliphatic heterocycles. The number of carbonyl (C=O) groups is 2. The Kier molecular flexibility index (Phi) is 3.96. The Bertz CT molecular complexity index is 442. The van der Waals surface area contributed by atoms with Crippen LogP contribution in [0.3, 0.4) is 0 Å². The van der Waals surface area contributed by atoms with Crippen molar-refractivity contribution in [1.82, 2.24) is 0 Å². The van der Waals surface area contributed by atoms with E-state index in [-0.39, 0.29) is 6.10 Å². The van der Waals surface area contributed by atoms with E-state index in [0.29, 0.717) is 11.8 Å². The number of rotatable bonds is 5. The SMILES string of the molecule is CC(OC(=O)C(C)(C)C(=O)O)OC1C2CC3CC(C2)CC1C3. The Morgan fingerprint density at radius 3 is 2.00 bits per heavy atom. The first kappa shape index (κ1) is 15.8. The van der Waals surface area contributed by atoms with Gasteiger partial charge in [0.15, 0.2) is 11.7 Å². The lowest BCUT2D eigenvalue weighted by atomic mass is 9.55. The zero-order valence-corrected chi connectivity index (χ0v) is 13.6. The highest BCUT2D eigenvalue weighted by molar-refractivity contribution is 5.98. The molecule has 5 heteroatoms. The fourth-order valence-corrected chi connectivity index (χ4v) is 4.73. The van der Waals surface area contributed by atoms with E-state index in [2.05, 4.69) is 0 Å². The zero-order valence-electron chi connectivity index (χ0n) is 13.6. The van der Waals surface area contributed by atoms with Gasteiger partial charge >= 0.3 is 11.9 Å². The van der Waals surface area contributed by atoms with Crippen molar-refractivity contribution < 1.29 is 24.2 Å². The molecule has 22 heavy (non-hydrogen) atoms. The summed E-state index contributed by atoms with van der Waals surface area (Å²) >= 11 is 0. The molecule has 1 unspecified atom stereocenters. The van der Waals surface area contributed by atoms with Gasteiger partial charge in [-0.2, -0.15) is 0 Å². The lowest BCUT2D eigenvalue weighted by Gasteiger charge is -2.54. The summed E-state index contributed by atoms with van der Waals surface area (Å²) in [6.07, 6.45) is 5.81. The molecule has 0 radical (unpaired) electrons. The second-order valence-electron chi connectivity index (χ2n) is 7.93. The standard InChI is InChI=1S/C17H26O5/c1-9(22-16(20)17(2,3)15(18)19)21-14-12-5-10-4-11(7-12)8-13(14)6-10/h9-14H,4-8H2,1-3H3,(H,18,19). The van der Waals surface area contributed by atoms with Crippen LogP contribution in [0.25, 0.3) is 0 Å². The predicted molar refractivity (Wildman–Crippen MR) is 78.9 cm³/mol. The van der Waals surface area contributed by atoms with Gasteiger partial charge in [-0.05, 0) is 76.5 Å². The molecule has 0 aromatic rings. The summed E-state index contributed by atoms with van der Waals surface area (Å²) < 4.78 is 11.3. The third-order valence-electron chi connectivity index (χ3n) is 5.81. The minimum Gasteiger partial charge on any atom is -0.480 e. The zero-order chi connectivity index (χ0) is 16.1. The third kappa shape index (κ3) is 2.75. The lowest BCUT2D eigenvalue weighted by Crippen LogP contribution is -2.50. The Hall–Kier alpha value is -1.10. The summed E-state index contributed by atoms with van der Waals surface area (Å²) in [6, 6.07) is 0. The molecule has 0 aromatic carbocycles. The highest BCUT2D eigenvalue weighted by Gasteiger charge is 2.49. The van der Waals surface area contributed by atoms with Crippen LogP contribution in [-0.2, 0) is 19.1 Å². The van der Waals surface area contributed by atoms with Crippen molar-refractivity contribution in [3.63, 3.8) is 0 Å². The van der Waals surface area contributed by atoms with E-state index in [1.165, 1.54) is 46.0 Å². The Labute approximate surface area is 131 Å². The van der Waals surface area contributed by atoms with Crippen molar-refractivity contribution in [1.29, 1.82) is 0 Å². The topological polar surface area (TPSA) is 72.8 Å². The van der Waals surface area contributed by atoms with Crippen LogP contribution < -0.4 is 0 Å². The largest absolute Gasteiger partial charge is 0.480 e. The number of carbonyl (C=O) groups excluding carboxylic acids is 1. The van der Waals surface area contributed by atoms with E-state index >= 15 is 0 Å². The Morgan fingerprint density at radius 1 is 1.05 bits per heavy atom. The van der Waals surface area contributed by atoms with Crippen LogP contribution in [0.15, 0.2) is 0 Å². The third-order valence-corrected chi connectivity index (χ3v) is 5.81. The number of carboxylic acid groups (broad SMARTS) is 1. The highest BCUT2D eigenvalue weighted by Crippen LogP contribution is 2.54. The molecule has 4 saturated carbocycles. The van der Waals surface area contributed by atoms with E-state index in [1.54, 1.807) is 6.92 Å². The van der Waals surface area contributed by atoms with Gasteiger partial charge in [0.1, 0.15) is 0 Å². The monoisotopic (exact) mass is 310 g/mol. The fraction of sp³-hybridized carbons (Fsp3) is 0.882. The first-order valence-corrected chi connectivity index (χ1v) is 8.37. The van der Waals surface area contributed by atoms with Crippen LogP contribution in [-0.4, -0.2) is 29.4 Å². The van der Waals surface area contributed by atoms with Gasteiger partial charge in [0.05, 0.1) is 6.10 Å². The lowest BCUT2D eigenvalue weighted by molar-refractivity contribution is -0.224. The summed E-state index contributed by atoms with van der Waals surface area (Å²) in [5, 5.41) is 9.07. The van der Waals surface area contributed by atoms with Gasteiger partial charge in [-0.3, -0.25) is 9.59 Å². The number of hydrogen-bond donors (Lipinski definition) is 1. The highest BCUT2D eigenvalue weighted by atomic mass is 16.7. The molecule has 4 fully saturated rings. The predicted octanol–water partition coefficient (Wildman–Crippen LogP) is 2.83. The molecular weight excluding hydrogens is 284 g/mol. The average molecular weight is 310 g/mol. The quantitative estimate of drug-likeness (QED) is 0.480. The van der Waals surface area contributed by atoms with Crippen molar-refractivity contribution in [2.75, 3.05) is 0 Å². The van der Waals surface area contributed by atoms with Crippen LogP contribution in [0.4, 0.5) is 0 Å². The first-order valence-electron chi connectivity index (χ1n) is 8.37. The summed E-state index contributed by atoms with van der Waals surface area (Å²) in [5.74, 6) is 0.989. The van der Waals surface area contributed by atoms with Crippen LogP contribution in [0.5, 0.6) is 0 Å². The molecule has 0 spiro atoms. The summed E-state index contributed by atoms with van der Waals surface area (Å²) in [5.41, 5.74) is -1.54. The minimum absolute atomic E-state index is 0.170. The van der Waals surface area contributed by atoms with Crippen molar-refractivity contribution in [2.24, 2.45) is 29.1 Å². The maximum Gasteiger partial charge on any atom is 0.325 e. The summed E-state index contributed by atoms with van der Waals surface area (Å²) in [6.45, 7) is 4.40. The second-order valence-corrected chi connectivity index (χ2v) is 7.93. The van der Waals surface area contributed by atoms with Gasteiger partial charge in [0.2, 0.25) is 0 Å². The summed E-state index contributed by atoms with van der Waals surface area (Å²) in [7, 11) is 0. The molecule has 0 aromatic heterocycles. The van der Waals surface area contributed by atoms with Crippen molar-refractivity contribution >= 4 is 11.9 Å². The van der Waals surface area contributed by atoms with E-state index in [0.717, 1.165) is 11.8 Å². The second kappa shape index (κ2) is 5.52. The molecule has 4 aliphatic rings. The molecule has 0 amide bonds. The molecule has 4 rings (SSSR count). The van der Waals surface area contributed by atoms with E-state index < -0.39 is 23.6 Å². The molecule has 0 saturated heterocycles. The van der Waals surface area contributed by atoms with Gasteiger partial charge in [-0.15, -0.1) is 0 Å². The van der Waals surface area contributed by atoms with Crippen molar-refractivity contribution in [3.05, 3.63) is 0 Å². The molecular formula is C17H26O5. The molecule has 0 heterocycles. The molecule has 4 bridgehead atoms. The van der Waals surface area contributed by atoms with Gasteiger partial charge in [-0.1, -0.05) is 0 Å². The molecule has 1 atom stereocenters. The maximum atomic E-state index is 12.0. The number of aliphatic carboxylic acids is 1. The number of esters is 1. The van der Waals surface area contributed by atoms with Crippen LogP contribution in [0, 0.1) is 29.1 Å². The number of hydrogen-bond acceptors (Lipinski definition) is 4. The van der Waals surface area contributed by atoms with Crippen LogP contribution in [0.2, 0.25) is 0 Å². The molecule has 124 valence electrons. The van der Waals surface area contributed by atoms with Gasteiger partial charge in [-0.25, -0.2) is 0 Å². The molecule has 1 N–H and O–H groups in total. The number of carboxylic acids is 1. The van der Waals surface area contributed by atoms with Gasteiger partial charge in [0, 0.05) is 0 Å². The minimum atomic E-state index is -1.54. The Morgan fingerprint density at radius 2 is 1.55 bits per heavy atom. The smallest absolute Gasteiger partial charge is 0.325 e. The van der Waals surface area contributed by atoms with E-state index in [4.69, 9.17) is 14.6 Å². The first-order chi connectivity index (χ1) is 10.3. The van der Waals surface area contributed by atoms with E-state index in [9.17, 15) is 9.59 Å². The fourth-order valence-electron chi connectivity index (χ4n) is 4.73. The van der Waals surface area contributed by atoms with Gasteiger partial charge < -0.3 is 14.6 Å². The number of ether oxygens (including phenoxy) is 2. The molecule has 4 aliphatic carbocycles. The maximum absolute atomic E-state index is 12.0. The van der Waals surface area contributed by atoms with E-state index in [1.807, 2.05) is 0 Å².